The quantitative estimate of drug-likeness (QED) is 0.614. The van der Waals surface area contributed by atoms with Gasteiger partial charge in [0.05, 0.1) is 19.2 Å². The molecule has 0 saturated heterocycles. The van der Waals surface area contributed by atoms with Crippen molar-refractivity contribution in [1.29, 1.82) is 0 Å². The number of ether oxygens (including phenoxy) is 2. The number of nitrogens with zero attached hydrogens (tertiary/aromatic N) is 2. The summed E-state index contributed by atoms with van der Waals surface area (Å²) >= 11 is 5.79. The van der Waals surface area contributed by atoms with Crippen LogP contribution in [0.5, 0.6) is 11.5 Å². The number of hydrogen-bond donors (Lipinski definition) is 2. The molecule has 0 spiro atoms. The molecule has 0 saturated carbocycles. The van der Waals surface area contributed by atoms with E-state index >= 15 is 0 Å². The molecule has 3 rings (SSSR count). The predicted molar refractivity (Wildman–Crippen MR) is 104 cm³/mol. The SMILES string of the molecule is COc1ccc(CNc2ccnc(Nc3ccc(F)c(Cl)c3)n2)cc1OC. The maximum absolute atomic E-state index is 13.2. The smallest absolute Gasteiger partial charge is 0.229 e. The molecule has 2 aromatic carbocycles. The number of anilines is 3. The number of halogens is 2. The van der Waals surface area contributed by atoms with E-state index in [1.54, 1.807) is 32.5 Å². The molecule has 0 bridgehead atoms. The predicted octanol–water partition coefficient (Wildman–Crippen LogP) is 4.64. The van der Waals surface area contributed by atoms with Gasteiger partial charge in [-0.05, 0) is 42.0 Å². The van der Waals surface area contributed by atoms with E-state index in [2.05, 4.69) is 20.6 Å². The molecule has 2 N–H and O–H groups in total. The van der Waals surface area contributed by atoms with Gasteiger partial charge in [-0.1, -0.05) is 17.7 Å². The first-order valence-electron chi connectivity index (χ1n) is 8.09. The van der Waals surface area contributed by atoms with Crippen LogP contribution >= 0.6 is 11.6 Å². The van der Waals surface area contributed by atoms with Crippen LogP contribution in [0.3, 0.4) is 0 Å². The summed E-state index contributed by atoms with van der Waals surface area (Å²) in [5, 5.41) is 6.25. The van der Waals surface area contributed by atoms with E-state index in [1.165, 1.54) is 12.1 Å². The first kappa shape index (κ1) is 18.7. The van der Waals surface area contributed by atoms with Crippen LogP contribution in [-0.2, 0) is 6.54 Å². The van der Waals surface area contributed by atoms with Gasteiger partial charge < -0.3 is 20.1 Å². The summed E-state index contributed by atoms with van der Waals surface area (Å²) in [6.07, 6.45) is 1.62. The average Bonchev–Trinajstić information content (AvgIpc) is 2.69. The highest BCUT2D eigenvalue weighted by atomic mass is 35.5. The van der Waals surface area contributed by atoms with Gasteiger partial charge in [-0.2, -0.15) is 4.98 Å². The van der Waals surface area contributed by atoms with Gasteiger partial charge in [-0.25, -0.2) is 9.37 Å². The van der Waals surface area contributed by atoms with E-state index in [-0.39, 0.29) is 5.02 Å². The molecule has 0 atom stereocenters. The van der Waals surface area contributed by atoms with Gasteiger partial charge in [0.1, 0.15) is 11.6 Å². The number of aromatic nitrogens is 2. The van der Waals surface area contributed by atoms with Crippen molar-refractivity contribution in [2.75, 3.05) is 24.9 Å². The first-order chi connectivity index (χ1) is 13.1. The van der Waals surface area contributed by atoms with Crippen LogP contribution in [0.2, 0.25) is 5.02 Å². The summed E-state index contributed by atoms with van der Waals surface area (Å²) in [5.74, 6) is 1.86. The fourth-order valence-electron chi connectivity index (χ4n) is 2.40. The third-order valence-electron chi connectivity index (χ3n) is 3.75. The largest absolute Gasteiger partial charge is 0.493 e. The normalized spacial score (nSPS) is 10.4. The standard InChI is InChI=1S/C19H18ClFN4O2/c1-26-16-6-3-12(9-17(16)27-2)11-23-18-7-8-22-19(25-18)24-13-4-5-15(21)14(20)10-13/h3-10H,11H2,1-2H3,(H2,22,23,24,25). The van der Waals surface area contributed by atoms with Crippen molar-refractivity contribution in [2.45, 2.75) is 6.54 Å². The lowest BCUT2D eigenvalue weighted by molar-refractivity contribution is 0.354. The highest BCUT2D eigenvalue weighted by molar-refractivity contribution is 6.31. The molecular formula is C19H18ClFN4O2. The average molecular weight is 389 g/mol. The molecule has 0 aliphatic rings. The van der Waals surface area contributed by atoms with E-state index in [0.29, 0.717) is 35.5 Å². The summed E-state index contributed by atoms with van der Waals surface area (Å²) in [4.78, 5) is 8.54. The Bertz CT molecular complexity index is 939. The van der Waals surface area contributed by atoms with Crippen LogP contribution in [0.15, 0.2) is 48.7 Å². The van der Waals surface area contributed by atoms with E-state index in [0.717, 1.165) is 5.56 Å². The van der Waals surface area contributed by atoms with Crippen molar-refractivity contribution in [3.05, 3.63) is 65.1 Å². The Morgan fingerprint density at radius 2 is 1.85 bits per heavy atom. The Morgan fingerprint density at radius 3 is 2.59 bits per heavy atom. The molecule has 27 heavy (non-hydrogen) atoms. The minimum absolute atomic E-state index is 0.0303. The molecule has 0 unspecified atom stereocenters. The van der Waals surface area contributed by atoms with Crippen molar-refractivity contribution in [1.82, 2.24) is 9.97 Å². The second-order valence-corrected chi connectivity index (χ2v) is 5.97. The molecule has 6 nitrogen and oxygen atoms in total. The molecule has 3 aromatic rings. The van der Waals surface area contributed by atoms with Crippen LogP contribution in [-0.4, -0.2) is 24.2 Å². The van der Waals surface area contributed by atoms with Gasteiger partial charge in [0, 0.05) is 18.4 Å². The lowest BCUT2D eigenvalue weighted by Crippen LogP contribution is -2.04. The summed E-state index contributed by atoms with van der Waals surface area (Å²) in [6, 6.07) is 11.8. The number of rotatable bonds is 7. The Balaban J connectivity index is 1.68. The van der Waals surface area contributed by atoms with Gasteiger partial charge in [-0.3, -0.25) is 0 Å². The lowest BCUT2D eigenvalue weighted by atomic mass is 10.2. The molecule has 0 amide bonds. The third-order valence-corrected chi connectivity index (χ3v) is 4.04. The second kappa shape index (κ2) is 8.55. The van der Waals surface area contributed by atoms with Crippen molar-refractivity contribution in [3.8, 4) is 11.5 Å². The van der Waals surface area contributed by atoms with Crippen molar-refractivity contribution in [2.24, 2.45) is 0 Å². The third kappa shape index (κ3) is 4.77. The van der Waals surface area contributed by atoms with Gasteiger partial charge >= 0.3 is 0 Å². The Labute approximate surface area is 161 Å². The van der Waals surface area contributed by atoms with Gasteiger partial charge in [0.2, 0.25) is 5.95 Å². The molecule has 0 radical (unpaired) electrons. The monoisotopic (exact) mass is 388 g/mol. The van der Waals surface area contributed by atoms with Crippen molar-refractivity contribution in [3.63, 3.8) is 0 Å². The zero-order chi connectivity index (χ0) is 19.2. The number of hydrogen-bond acceptors (Lipinski definition) is 6. The van der Waals surface area contributed by atoms with E-state index in [9.17, 15) is 4.39 Å². The van der Waals surface area contributed by atoms with Crippen LogP contribution in [0.4, 0.5) is 21.8 Å². The topological polar surface area (TPSA) is 68.3 Å². The molecule has 140 valence electrons. The highest BCUT2D eigenvalue weighted by Gasteiger charge is 2.06. The maximum Gasteiger partial charge on any atom is 0.229 e. The summed E-state index contributed by atoms with van der Waals surface area (Å²) in [7, 11) is 3.19. The molecular weight excluding hydrogens is 371 g/mol. The van der Waals surface area contributed by atoms with Crippen LogP contribution in [0, 0.1) is 5.82 Å². The van der Waals surface area contributed by atoms with Gasteiger partial charge in [-0.15, -0.1) is 0 Å². The lowest BCUT2D eigenvalue weighted by Gasteiger charge is -2.11. The summed E-state index contributed by atoms with van der Waals surface area (Å²) in [5.41, 5.74) is 1.60. The molecule has 8 heteroatoms. The zero-order valence-corrected chi connectivity index (χ0v) is 15.5. The van der Waals surface area contributed by atoms with Crippen LogP contribution in [0.25, 0.3) is 0 Å². The van der Waals surface area contributed by atoms with Crippen LogP contribution in [0.1, 0.15) is 5.56 Å². The highest BCUT2D eigenvalue weighted by Crippen LogP contribution is 2.28. The summed E-state index contributed by atoms with van der Waals surface area (Å²) < 4.78 is 23.8. The van der Waals surface area contributed by atoms with E-state index in [1.807, 2.05) is 18.2 Å². The molecule has 1 heterocycles. The van der Waals surface area contributed by atoms with E-state index in [4.69, 9.17) is 21.1 Å². The van der Waals surface area contributed by atoms with Crippen LogP contribution < -0.4 is 20.1 Å². The molecule has 0 fully saturated rings. The number of methoxy groups -OCH3 is 2. The minimum Gasteiger partial charge on any atom is -0.493 e. The van der Waals surface area contributed by atoms with Crippen molar-refractivity contribution >= 4 is 29.1 Å². The van der Waals surface area contributed by atoms with Gasteiger partial charge in [0.25, 0.3) is 0 Å². The fraction of sp³-hybridized carbons (Fsp3) is 0.158. The molecule has 0 aliphatic carbocycles. The van der Waals surface area contributed by atoms with Gasteiger partial charge in [0.15, 0.2) is 11.5 Å². The zero-order valence-electron chi connectivity index (χ0n) is 14.8. The van der Waals surface area contributed by atoms with E-state index < -0.39 is 5.82 Å². The Morgan fingerprint density at radius 1 is 1.04 bits per heavy atom. The maximum atomic E-state index is 13.2. The number of nitrogens with one attached hydrogen (secondary N) is 2. The van der Waals surface area contributed by atoms with Crippen molar-refractivity contribution < 1.29 is 13.9 Å². The Hall–Kier alpha value is -3.06. The molecule has 0 aliphatic heterocycles. The minimum atomic E-state index is -0.478. The first-order valence-corrected chi connectivity index (χ1v) is 8.46. The molecule has 1 aromatic heterocycles. The second-order valence-electron chi connectivity index (χ2n) is 5.56. The fourth-order valence-corrected chi connectivity index (χ4v) is 2.58. The number of benzene rings is 2. The Kier molecular flexibility index (Phi) is 5.93. The summed E-state index contributed by atoms with van der Waals surface area (Å²) in [6.45, 7) is 0.541.